The van der Waals surface area contributed by atoms with Gasteiger partial charge < -0.3 is 9.47 Å². The van der Waals surface area contributed by atoms with Crippen molar-refractivity contribution in [3.63, 3.8) is 0 Å². The monoisotopic (exact) mass is 391 g/mol. The molecule has 0 saturated heterocycles. The highest BCUT2D eigenvalue weighted by molar-refractivity contribution is 6.22. The Morgan fingerprint density at radius 2 is 1.48 bits per heavy atom. The number of aromatic nitrogens is 1. The van der Waals surface area contributed by atoms with E-state index in [1.165, 1.54) is 23.6 Å². The molecule has 7 heteroatoms. The number of methoxy groups -OCH3 is 2. The number of benzene rings is 2. The first kappa shape index (κ1) is 18.6. The quantitative estimate of drug-likeness (QED) is 0.387. The third kappa shape index (κ3) is 2.18. The average molecular weight is 391 g/mol. The van der Waals surface area contributed by atoms with Crippen LogP contribution in [-0.2, 0) is 24.5 Å². The van der Waals surface area contributed by atoms with Gasteiger partial charge in [-0.25, -0.2) is 0 Å². The number of ketones is 1. The molecule has 2 aromatic carbocycles. The summed E-state index contributed by atoms with van der Waals surface area (Å²) in [6.07, 6.45) is 0. The molecule has 0 aliphatic carbocycles. The Labute approximate surface area is 165 Å². The fourth-order valence-corrected chi connectivity index (χ4v) is 4.21. The smallest absolute Gasteiger partial charge is 0.334 e. The molecular weight excluding hydrogens is 374 g/mol. The Balaban J connectivity index is 2.33. The Morgan fingerprint density at radius 1 is 0.897 bits per heavy atom. The summed E-state index contributed by atoms with van der Waals surface area (Å²) in [4.78, 5) is 52.5. The first-order valence-electron chi connectivity index (χ1n) is 8.87. The molecule has 0 saturated carbocycles. The lowest BCUT2D eigenvalue weighted by Gasteiger charge is -2.35. The van der Waals surface area contributed by atoms with Crippen molar-refractivity contribution < 1.29 is 28.7 Å². The molecule has 0 unspecified atom stereocenters. The molecule has 0 bridgehead atoms. The number of rotatable bonds is 3. The molecule has 4 rings (SSSR count). The van der Waals surface area contributed by atoms with Crippen molar-refractivity contribution in [2.75, 3.05) is 14.2 Å². The molecule has 0 radical (unpaired) electrons. The first-order chi connectivity index (χ1) is 13.9. The van der Waals surface area contributed by atoms with E-state index in [4.69, 9.17) is 9.47 Å². The number of carbonyl (C=O) groups is 4. The molecular formula is C22H17NO6. The Morgan fingerprint density at radius 3 is 2.10 bits per heavy atom. The van der Waals surface area contributed by atoms with Gasteiger partial charge in [-0.3, -0.25) is 23.7 Å². The van der Waals surface area contributed by atoms with Gasteiger partial charge in [0.15, 0.2) is 5.78 Å². The molecule has 1 aliphatic heterocycles. The molecule has 1 aliphatic rings. The van der Waals surface area contributed by atoms with Crippen LogP contribution in [0, 0.1) is 0 Å². The Hall–Kier alpha value is -3.74. The van der Waals surface area contributed by atoms with Gasteiger partial charge in [0.2, 0.25) is 5.41 Å². The van der Waals surface area contributed by atoms with E-state index < -0.39 is 23.3 Å². The molecule has 0 spiro atoms. The van der Waals surface area contributed by atoms with Crippen molar-refractivity contribution >= 4 is 34.5 Å². The fraction of sp³-hybridized carbons (Fsp3) is 0.182. The second kappa shape index (κ2) is 6.41. The van der Waals surface area contributed by atoms with Crippen LogP contribution in [0.1, 0.15) is 38.9 Å². The lowest BCUT2D eigenvalue weighted by atomic mass is 9.71. The van der Waals surface area contributed by atoms with Gasteiger partial charge >= 0.3 is 11.9 Å². The third-order valence-corrected chi connectivity index (χ3v) is 5.33. The number of esters is 2. The average Bonchev–Trinajstić information content (AvgIpc) is 3.09. The van der Waals surface area contributed by atoms with E-state index in [9.17, 15) is 19.2 Å². The van der Waals surface area contributed by atoms with Crippen LogP contribution in [0.4, 0.5) is 0 Å². The summed E-state index contributed by atoms with van der Waals surface area (Å²) in [7, 11) is 2.29. The number of fused-ring (bicyclic) bond motifs is 4. The number of nitrogens with zero attached hydrogens (tertiary/aromatic N) is 1. The summed E-state index contributed by atoms with van der Waals surface area (Å²) in [6.45, 7) is 1.33. The zero-order chi connectivity index (χ0) is 20.9. The minimum Gasteiger partial charge on any atom is -0.468 e. The summed E-state index contributed by atoms with van der Waals surface area (Å²) in [5, 5.41) is 0.466. The van der Waals surface area contributed by atoms with E-state index in [1.807, 2.05) is 0 Å². The van der Waals surface area contributed by atoms with Crippen LogP contribution >= 0.6 is 0 Å². The molecule has 2 heterocycles. The maximum Gasteiger partial charge on any atom is 0.334 e. The summed E-state index contributed by atoms with van der Waals surface area (Å²) >= 11 is 0. The van der Waals surface area contributed by atoms with Gasteiger partial charge in [0.05, 0.1) is 25.4 Å². The summed E-state index contributed by atoms with van der Waals surface area (Å²) < 4.78 is 11.3. The van der Waals surface area contributed by atoms with Crippen LogP contribution in [0.25, 0.3) is 10.9 Å². The Bertz CT molecular complexity index is 1200. The molecule has 7 nitrogen and oxygen atoms in total. The maximum absolute atomic E-state index is 13.4. The predicted octanol–water partition coefficient (Wildman–Crippen LogP) is 2.48. The molecule has 0 amide bonds. The first-order valence-corrected chi connectivity index (χ1v) is 8.87. The van der Waals surface area contributed by atoms with Crippen LogP contribution in [0.3, 0.4) is 0 Å². The number of para-hydroxylation sites is 1. The number of hydrogen-bond acceptors (Lipinski definition) is 6. The second-order valence-electron chi connectivity index (χ2n) is 6.72. The number of carbonyl (C=O) groups excluding carboxylic acids is 4. The predicted molar refractivity (Wildman–Crippen MR) is 103 cm³/mol. The minimum atomic E-state index is -2.12. The van der Waals surface area contributed by atoms with E-state index in [0.717, 1.165) is 14.2 Å². The number of ether oxygens (including phenoxy) is 2. The van der Waals surface area contributed by atoms with Gasteiger partial charge in [-0.2, -0.15) is 0 Å². The Kier molecular flexibility index (Phi) is 4.11. The molecule has 0 fully saturated rings. The van der Waals surface area contributed by atoms with Gasteiger partial charge in [-0.15, -0.1) is 0 Å². The lowest BCUT2D eigenvalue weighted by Crippen LogP contribution is -2.52. The van der Waals surface area contributed by atoms with E-state index in [2.05, 4.69) is 0 Å². The molecule has 0 atom stereocenters. The van der Waals surface area contributed by atoms with E-state index in [-0.39, 0.29) is 28.2 Å². The van der Waals surface area contributed by atoms with Crippen LogP contribution in [0.2, 0.25) is 0 Å². The molecule has 29 heavy (non-hydrogen) atoms. The summed E-state index contributed by atoms with van der Waals surface area (Å²) in [6, 6.07) is 13.1. The van der Waals surface area contributed by atoms with Gasteiger partial charge in [-0.05, 0) is 24.6 Å². The molecule has 146 valence electrons. The van der Waals surface area contributed by atoms with Crippen molar-refractivity contribution in [2.45, 2.75) is 12.3 Å². The van der Waals surface area contributed by atoms with E-state index in [1.54, 1.807) is 36.4 Å². The molecule has 3 aromatic rings. The second-order valence-corrected chi connectivity index (χ2v) is 6.72. The van der Waals surface area contributed by atoms with Crippen molar-refractivity contribution in [1.29, 1.82) is 0 Å². The van der Waals surface area contributed by atoms with Gasteiger partial charge in [-0.1, -0.05) is 36.4 Å². The van der Waals surface area contributed by atoms with E-state index in [0.29, 0.717) is 10.9 Å². The highest BCUT2D eigenvalue weighted by atomic mass is 16.5. The highest BCUT2D eigenvalue weighted by Gasteiger charge is 2.60. The largest absolute Gasteiger partial charge is 0.468 e. The maximum atomic E-state index is 13.4. The van der Waals surface area contributed by atoms with Gasteiger partial charge in [0, 0.05) is 16.5 Å². The zero-order valence-electron chi connectivity index (χ0n) is 16.0. The third-order valence-electron chi connectivity index (χ3n) is 5.33. The van der Waals surface area contributed by atoms with Crippen molar-refractivity contribution in [3.8, 4) is 0 Å². The van der Waals surface area contributed by atoms with Crippen molar-refractivity contribution in [1.82, 2.24) is 4.57 Å². The summed E-state index contributed by atoms with van der Waals surface area (Å²) in [5.41, 5.74) is -1.35. The van der Waals surface area contributed by atoms with Gasteiger partial charge in [0.25, 0.3) is 5.91 Å². The summed E-state index contributed by atoms with van der Waals surface area (Å²) in [5.74, 6) is -2.70. The van der Waals surface area contributed by atoms with Crippen molar-refractivity contribution in [2.24, 2.45) is 0 Å². The number of hydrogen-bond donors (Lipinski definition) is 0. The SMILES string of the molecule is COC(=O)C1(C(=O)OC)c2ccccc2C(=O)n2c1c(C(C)=O)c1ccccc12. The minimum absolute atomic E-state index is 0.0476. The van der Waals surface area contributed by atoms with Crippen LogP contribution in [0.15, 0.2) is 48.5 Å². The van der Waals surface area contributed by atoms with Crippen LogP contribution in [-0.4, -0.2) is 42.4 Å². The fourth-order valence-electron chi connectivity index (χ4n) is 4.21. The topological polar surface area (TPSA) is 91.7 Å². The van der Waals surface area contributed by atoms with Gasteiger partial charge in [0.1, 0.15) is 0 Å². The number of Topliss-reactive ketones (excluding diaryl/α,β-unsaturated/α-hetero) is 1. The lowest BCUT2D eigenvalue weighted by molar-refractivity contribution is -0.159. The van der Waals surface area contributed by atoms with Crippen LogP contribution in [0.5, 0.6) is 0 Å². The highest BCUT2D eigenvalue weighted by Crippen LogP contribution is 2.46. The normalized spacial score (nSPS) is 14.1. The standard InChI is InChI=1S/C22H17NO6/c1-12(24)17-14-9-5-7-11-16(14)23-18(17)22(20(26)28-2,21(27)29-3)15-10-6-4-8-13(15)19(23)25/h4-11H,1-3H3. The zero-order valence-corrected chi connectivity index (χ0v) is 16.0. The molecule has 1 aromatic heterocycles. The van der Waals surface area contributed by atoms with E-state index >= 15 is 0 Å². The molecule has 0 N–H and O–H groups in total. The van der Waals surface area contributed by atoms with Crippen molar-refractivity contribution in [3.05, 3.63) is 70.9 Å². The van der Waals surface area contributed by atoms with Crippen LogP contribution < -0.4 is 0 Å².